The molecule has 2 atom stereocenters. The molecule has 1 N–H and O–H groups in total. The lowest BCUT2D eigenvalue weighted by atomic mass is 9.87. The van der Waals surface area contributed by atoms with Gasteiger partial charge in [-0.25, -0.2) is 13.4 Å². The summed E-state index contributed by atoms with van der Waals surface area (Å²) >= 11 is 1.52. The van der Waals surface area contributed by atoms with E-state index in [-0.39, 0.29) is 42.0 Å². The second kappa shape index (κ2) is 16.3. The molecule has 0 fully saturated rings. The van der Waals surface area contributed by atoms with Crippen LogP contribution in [0.2, 0.25) is 0 Å². The zero-order chi connectivity index (χ0) is 34.1. The number of carbonyl (C=O) groups is 2. The van der Waals surface area contributed by atoms with Gasteiger partial charge in [0.05, 0.1) is 35.4 Å². The molecule has 1 amide bonds. The zero-order valence-electron chi connectivity index (χ0n) is 27.5. The normalized spacial score (nSPS) is 13.0. The molecule has 3 aromatic carbocycles. The number of rotatable bonds is 16. The summed E-state index contributed by atoms with van der Waals surface area (Å²) in [5, 5.41) is 14.5. The van der Waals surface area contributed by atoms with Gasteiger partial charge >= 0.3 is 0 Å². The van der Waals surface area contributed by atoms with E-state index in [1.54, 1.807) is 48.3 Å². The van der Waals surface area contributed by atoms with Crippen LogP contribution < -0.4 is 4.74 Å². The fourth-order valence-corrected chi connectivity index (χ4v) is 7.62. The molecule has 0 radical (unpaired) electrons. The second-order valence-corrected chi connectivity index (χ2v) is 15.1. The van der Waals surface area contributed by atoms with E-state index in [4.69, 9.17) is 4.74 Å². The number of hydrogen-bond donors (Lipinski definition) is 1. The SMILES string of the molecule is COc1ccc(S(=O)(=O)N(CC(C)C)C[C@@H](O)[C@@H](CC(=O)c2cccc(C(=O)N(C)Cc3csc(C)n3)c2)Cc2ccccc2)cc1. The molecule has 0 aliphatic rings. The van der Waals surface area contributed by atoms with Crippen LogP contribution in [0.5, 0.6) is 5.75 Å². The third kappa shape index (κ3) is 9.80. The smallest absolute Gasteiger partial charge is 0.253 e. The van der Waals surface area contributed by atoms with Crippen molar-refractivity contribution in [3.63, 3.8) is 0 Å². The summed E-state index contributed by atoms with van der Waals surface area (Å²) in [7, 11) is -0.756. The van der Waals surface area contributed by atoms with Crippen LogP contribution in [0.1, 0.15) is 57.2 Å². The van der Waals surface area contributed by atoms with Crippen molar-refractivity contribution in [3.05, 3.63) is 112 Å². The van der Waals surface area contributed by atoms with Gasteiger partial charge in [0.1, 0.15) is 5.75 Å². The number of aliphatic hydroxyl groups is 1. The van der Waals surface area contributed by atoms with Crippen LogP contribution in [0.4, 0.5) is 0 Å². The molecule has 1 aromatic heterocycles. The van der Waals surface area contributed by atoms with Gasteiger partial charge in [-0.3, -0.25) is 9.59 Å². The zero-order valence-corrected chi connectivity index (χ0v) is 29.1. The van der Waals surface area contributed by atoms with Crippen LogP contribution in [0, 0.1) is 18.8 Å². The highest BCUT2D eigenvalue weighted by Crippen LogP contribution is 2.25. The maximum absolute atomic E-state index is 13.8. The molecule has 0 saturated carbocycles. The number of sulfonamides is 1. The Bertz CT molecular complexity index is 1740. The predicted molar refractivity (Wildman–Crippen MR) is 184 cm³/mol. The summed E-state index contributed by atoms with van der Waals surface area (Å²) in [4.78, 5) is 33.1. The Morgan fingerprint density at radius 2 is 1.64 bits per heavy atom. The minimum absolute atomic E-state index is 0.0117. The van der Waals surface area contributed by atoms with E-state index in [0.29, 0.717) is 29.8 Å². The number of nitrogens with zero attached hydrogens (tertiary/aromatic N) is 3. The molecule has 4 aromatic rings. The first-order chi connectivity index (χ1) is 22.4. The molecule has 0 bridgehead atoms. The number of thiazole rings is 1. The van der Waals surface area contributed by atoms with E-state index < -0.39 is 22.0 Å². The number of Topliss-reactive ketones (excluding diaryl/α,β-unsaturated/α-hetero) is 1. The summed E-state index contributed by atoms with van der Waals surface area (Å²) in [5.74, 6) is -0.555. The Hall–Kier alpha value is -3.90. The largest absolute Gasteiger partial charge is 0.497 e. The van der Waals surface area contributed by atoms with Crippen LogP contribution in [0.3, 0.4) is 0 Å². The number of ether oxygens (including phenoxy) is 1. The Kier molecular flexibility index (Phi) is 12.4. The molecular formula is C36H43N3O6S2. The Balaban J connectivity index is 1.56. The fraction of sp³-hybridized carbons (Fsp3) is 0.361. The quantitative estimate of drug-likeness (QED) is 0.147. The van der Waals surface area contributed by atoms with Gasteiger partial charge in [0.15, 0.2) is 5.78 Å². The number of amides is 1. The number of benzene rings is 3. The highest BCUT2D eigenvalue weighted by atomic mass is 32.2. The van der Waals surface area contributed by atoms with E-state index in [1.807, 2.05) is 56.5 Å². The van der Waals surface area contributed by atoms with E-state index >= 15 is 0 Å². The van der Waals surface area contributed by atoms with Gasteiger partial charge in [0, 0.05) is 43.1 Å². The molecule has 9 nitrogen and oxygen atoms in total. The van der Waals surface area contributed by atoms with Crippen LogP contribution in [-0.4, -0.2) is 72.8 Å². The number of ketones is 1. The summed E-state index contributed by atoms with van der Waals surface area (Å²) in [5.41, 5.74) is 2.44. The van der Waals surface area contributed by atoms with Crippen molar-refractivity contribution in [2.45, 2.75) is 51.2 Å². The Labute approximate surface area is 281 Å². The fourth-order valence-electron chi connectivity index (χ4n) is 5.39. The molecule has 1 heterocycles. The lowest BCUT2D eigenvalue weighted by molar-refractivity contribution is 0.0689. The van der Waals surface area contributed by atoms with Gasteiger partial charge in [-0.1, -0.05) is 56.3 Å². The molecule has 11 heteroatoms. The first-order valence-corrected chi connectivity index (χ1v) is 17.8. The molecular weight excluding hydrogens is 635 g/mol. The Morgan fingerprint density at radius 1 is 0.957 bits per heavy atom. The van der Waals surface area contributed by atoms with Gasteiger partial charge in [-0.05, 0) is 67.1 Å². The molecule has 0 aliphatic carbocycles. The molecule has 250 valence electrons. The predicted octanol–water partition coefficient (Wildman–Crippen LogP) is 5.87. The highest BCUT2D eigenvalue weighted by Gasteiger charge is 2.32. The number of aliphatic hydroxyl groups excluding tert-OH is 1. The monoisotopic (exact) mass is 677 g/mol. The first kappa shape index (κ1) is 35.9. The van der Waals surface area contributed by atoms with Crippen molar-refractivity contribution in [1.82, 2.24) is 14.2 Å². The molecule has 4 rings (SSSR count). The average molecular weight is 678 g/mol. The van der Waals surface area contributed by atoms with E-state index in [2.05, 4.69) is 4.98 Å². The summed E-state index contributed by atoms with van der Waals surface area (Å²) in [6.45, 7) is 6.09. The molecule has 0 unspecified atom stereocenters. The van der Waals surface area contributed by atoms with Crippen LogP contribution >= 0.6 is 11.3 Å². The van der Waals surface area contributed by atoms with Crippen LogP contribution in [-0.2, 0) is 23.0 Å². The average Bonchev–Trinajstić information content (AvgIpc) is 3.47. The third-order valence-electron chi connectivity index (χ3n) is 7.83. The van der Waals surface area contributed by atoms with Crippen molar-refractivity contribution in [2.24, 2.45) is 11.8 Å². The number of hydrogen-bond acceptors (Lipinski definition) is 8. The topological polar surface area (TPSA) is 117 Å². The van der Waals surface area contributed by atoms with Crippen molar-refractivity contribution < 1.29 is 27.9 Å². The molecule has 0 spiro atoms. The summed E-state index contributed by atoms with van der Waals surface area (Å²) in [6.07, 6.45) is -0.830. The third-order valence-corrected chi connectivity index (χ3v) is 10.5. The minimum atomic E-state index is -3.96. The van der Waals surface area contributed by atoms with Gasteiger partial charge < -0.3 is 14.7 Å². The lowest BCUT2D eigenvalue weighted by Crippen LogP contribution is -2.43. The number of aryl methyl sites for hydroxylation is 1. The molecule has 47 heavy (non-hydrogen) atoms. The van der Waals surface area contributed by atoms with Crippen molar-refractivity contribution >= 4 is 33.1 Å². The first-order valence-electron chi connectivity index (χ1n) is 15.5. The Morgan fingerprint density at radius 3 is 2.26 bits per heavy atom. The number of carbonyl (C=O) groups excluding carboxylic acids is 2. The lowest BCUT2D eigenvalue weighted by Gasteiger charge is -2.30. The second-order valence-electron chi connectivity index (χ2n) is 12.1. The van der Waals surface area contributed by atoms with Crippen molar-refractivity contribution in [3.8, 4) is 5.75 Å². The standard InChI is InChI=1S/C36H43N3O6S2/c1-25(2)21-39(47(43,44)33-16-14-32(45-5)15-17-33)23-35(41)30(18-27-10-7-6-8-11-27)20-34(40)28-12-9-13-29(19-28)36(42)38(4)22-31-24-46-26(3)37-31/h6-17,19,24-25,30,35,41H,18,20-23H2,1-5H3/t30-,35-/m1/s1. The number of methoxy groups -OCH3 is 1. The highest BCUT2D eigenvalue weighted by molar-refractivity contribution is 7.89. The summed E-state index contributed by atoms with van der Waals surface area (Å²) in [6, 6.07) is 22.2. The summed E-state index contributed by atoms with van der Waals surface area (Å²) < 4.78 is 34.0. The van der Waals surface area contributed by atoms with Crippen LogP contribution in [0.15, 0.2) is 89.1 Å². The van der Waals surface area contributed by atoms with E-state index in [9.17, 15) is 23.1 Å². The van der Waals surface area contributed by atoms with Gasteiger partial charge in [0.2, 0.25) is 10.0 Å². The van der Waals surface area contributed by atoms with Gasteiger partial charge in [-0.2, -0.15) is 4.31 Å². The van der Waals surface area contributed by atoms with Crippen molar-refractivity contribution in [1.29, 1.82) is 0 Å². The number of aromatic nitrogens is 1. The van der Waals surface area contributed by atoms with Gasteiger partial charge in [-0.15, -0.1) is 11.3 Å². The molecule has 0 aliphatic heterocycles. The van der Waals surface area contributed by atoms with Crippen LogP contribution in [0.25, 0.3) is 0 Å². The van der Waals surface area contributed by atoms with Gasteiger partial charge in [0.25, 0.3) is 5.91 Å². The maximum Gasteiger partial charge on any atom is 0.253 e. The maximum atomic E-state index is 13.8. The minimum Gasteiger partial charge on any atom is -0.497 e. The van der Waals surface area contributed by atoms with E-state index in [1.165, 1.54) is 34.9 Å². The molecule has 0 saturated heterocycles. The van der Waals surface area contributed by atoms with Crippen molar-refractivity contribution in [2.75, 3.05) is 27.2 Å². The van der Waals surface area contributed by atoms with E-state index in [0.717, 1.165) is 16.3 Å².